The van der Waals surface area contributed by atoms with Gasteiger partial charge in [0.2, 0.25) is 0 Å². The maximum absolute atomic E-state index is 12.2. The van der Waals surface area contributed by atoms with Gasteiger partial charge in [-0.05, 0) is 38.5 Å². The molecular formula is C14H18BrNO3. The Hall–Kier alpha value is -1.23. The molecule has 0 bridgehead atoms. The zero-order valence-electron chi connectivity index (χ0n) is 11.2. The number of carbonyl (C=O) groups excluding carboxylic acids is 1. The molecule has 0 fully saturated rings. The molecule has 2 rings (SSSR count). The molecule has 0 unspecified atom stereocenters. The van der Waals surface area contributed by atoms with Gasteiger partial charge in [-0.2, -0.15) is 0 Å². The van der Waals surface area contributed by atoms with E-state index >= 15 is 0 Å². The maximum atomic E-state index is 12.2. The van der Waals surface area contributed by atoms with Crippen LogP contribution < -0.4 is 14.8 Å². The molecule has 0 radical (unpaired) electrons. The van der Waals surface area contributed by atoms with Crippen LogP contribution in [-0.4, -0.2) is 30.0 Å². The molecule has 1 aliphatic rings. The van der Waals surface area contributed by atoms with E-state index in [4.69, 9.17) is 9.47 Å². The van der Waals surface area contributed by atoms with Gasteiger partial charge in [-0.15, -0.1) is 0 Å². The van der Waals surface area contributed by atoms with Gasteiger partial charge >= 0.3 is 0 Å². The van der Waals surface area contributed by atoms with Crippen molar-refractivity contribution in [3.05, 3.63) is 23.8 Å². The van der Waals surface area contributed by atoms with Crippen LogP contribution in [0.3, 0.4) is 0 Å². The topological polar surface area (TPSA) is 47.6 Å². The summed E-state index contributed by atoms with van der Waals surface area (Å²) in [6, 6.07) is 5.27. The Bertz CT molecular complexity index is 474. The maximum Gasteiger partial charge on any atom is 0.251 e. The van der Waals surface area contributed by atoms with Gasteiger partial charge in [0.05, 0.1) is 0 Å². The van der Waals surface area contributed by atoms with Crippen LogP contribution in [0.4, 0.5) is 0 Å². The molecule has 19 heavy (non-hydrogen) atoms. The lowest BCUT2D eigenvalue weighted by atomic mass is 10.0. The van der Waals surface area contributed by atoms with E-state index in [1.54, 1.807) is 18.2 Å². The predicted octanol–water partition coefficient (Wildman–Crippen LogP) is 2.75. The van der Waals surface area contributed by atoms with E-state index in [0.29, 0.717) is 30.3 Å². The Balaban J connectivity index is 2.11. The van der Waals surface area contributed by atoms with E-state index in [9.17, 15) is 4.79 Å². The molecule has 4 nitrogen and oxygen atoms in total. The molecule has 5 heteroatoms. The highest BCUT2D eigenvalue weighted by Gasteiger charge is 2.21. The quantitative estimate of drug-likeness (QED) is 0.865. The fraction of sp³-hybridized carbons (Fsp3) is 0.500. The second-order valence-electron chi connectivity index (χ2n) is 5.14. The molecule has 0 saturated heterocycles. The van der Waals surface area contributed by atoms with E-state index in [1.165, 1.54) is 0 Å². The van der Waals surface area contributed by atoms with E-state index in [0.717, 1.165) is 11.8 Å². The molecule has 0 aromatic heterocycles. The smallest absolute Gasteiger partial charge is 0.251 e. The molecule has 0 saturated carbocycles. The van der Waals surface area contributed by atoms with Crippen molar-refractivity contribution in [1.29, 1.82) is 0 Å². The van der Waals surface area contributed by atoms with Crippen molar-refractivity contribution in [2.45, 2.75) is 25.8 Å². The minimum Gasteiger partial charge on any atom is -0.486 e. The highest BCUT2D eigenvalue weighted by molar-refractivity contribution is 9.09. The van der Waals surface area contributed by atoms with E-state index < -0.39 is 0 Å². The van der Waals surface area contributed by atoms with Crippen molar-refractivity contribution >= 4 is 21.8 Å². The number of carbonyl (C=O) groups is 1. The Kier molecular flexibility index (Phi) is 4.34. The summed E-state index contributed by atoms with van der Waals surface area (Å²) in [5.41, 5.74) is 0.348. The summed E-state index contributed by atoms with van der Waals surface area (Å²) in [5, 5.41) is 3.86. The molecule has 0 aliphatic carbocycles. The minimum atomic E-state index is -0.242. The lowest BCUT2D eigenvalue weighted by Gasteiger charge is -2.26. The van der Waals surface area contributed by atoms with Crippen LogP contribution in [0.15, 0.2) is 18.2 Å². The van der Waals surface area contributed by atoms with E-state index in [2.05, 4.69) is 21.2 Å². The van der Waals surface area contributed by atoms with Crippen LogP contribution in [0.2, 0.25) is 0 Å². The highest BCUT2D eigenvalue weighted by atomic mass is 79.9. The Labute approximate surface area is 121 Å². The molecule has 1 aliphatic heterocycles. The average molecular weight is 328 g/mol. The first kappa shape index (κ1) is 14.2. The summed E-state index contributed by atoms with van der Waals surface area (Å²) >= 11 is 3.39. The zero-order valence-corrected chi connectivity index (χ0v) is 12.7. The normalized spacial score (nSPS) is 14.1. The van der Waals surface area contributed by atoms with Crippen molar-refractivity contribution in [2.24, 2.45) is 0 Å². The first-order valence-corrected chi connectivity index (χ1v) is 7.42. The molecule has 1 aromatic rings. The lowest BCUT2D eigenvalue weighted by molar-refractivity contribution is 0.0910. The number of hydrogen-bond acceptors (Lipinski definition) is 3. The summed E-state index contributed by atoms with van der Waals surface area (Å²) in [5.74, 6) is 1.24. The van der Waals surface area contributed by atoms with Crippen molar-refractivity contribution in [2.75, 3.05) is 18.5 Å². The number of amides is 1. The van der Waals surface area contributed by atoms with Crippen molar-refractivity contribution in [3.8, 4) is 11.5 Å². The molecule has 1 amide bonds. The Morgan fingerprint density at radius 3 is 2.68 bits per heavy atom. The number of halogens is 1. The third kappa shape index (κ3) is 3.62. The first-order chi connectivity index (χ1) is 9.02. The second-order valence-corrected chi connectivity index (χ2v) is 5.93. The third-order valence-electron chi connectivity index (χ3n) is 2.98. The van der Waals surface area contributed by atoms with Gasteiger partial charge in [0, 0.05) is 16.4 Å². The molecule has 104 valence electrons. The van der Waals surface area contributed by atoms with Crippen LogP contribution in [0.1, 0.15) is 30.6 Å². The number of hydrogen-bond donors (Lipinski definition) is 1. The zero-order chi connectivity index (χ0) is 13.9. The average Bonchev–Trinajstić information content (AvgIpc) is 2.37. The summed E-state index contributed by atoms with van der Waals surface area (Å²) in [7, 11) is 0. The number of rotatable bonds is 4. The van der Waals surface area contributed by atoms with Crippen LogP contribution in [0.5, 0.6) is 11.5 Å². The van der Waals surface area contributed by atoms with E-state index in [1.807, 2.05) is 13.8 Å². The van der Waals surface area contributed by atoms with Crippen molar-refractivity contribution < 1.29 is 14.3 Å². The molecule has 0 atom stereocenters. The van der Waals surface area contributed by atoms with Crippen LogP contribution >= 0.6 is 15.9 Å². The SMILES string of the molecule is CC(C)(CCBr)NC(=O)c1ccc2c(c1)OCCO2. The fourth-order valence-corrected chi connectivity index (χ4v) is 2.85. The number of alkyl halides is 1. The van der Waals surface area contributed by atoms with Gasteiger partial charge in [-0.1, -0.05) is 15.9 Å². The molecular weight excluding hydrogens is 310 g/mol. The first-order valence-electron chi connectivity index (χ1n) is 6.30. The van der Waals surface area contributed by atoms with Gasteiger partial charge < -0.3 is 14.8 Å². The van der Waals surface area contributed by atoms with Crippen LogP contribution in [0, 0.1) is 0 Å². The summed E-state index contributed by atoms with van der Waals surface area (Å²) in [4.78, 5) is 12.2. The van der Waals surface area contributed by atoms with Gasteiger partial charge in [0.1, 0.15) is 13.2 Å². The molecule has 1 N–H and O–H groups in total. The number of benzene rings is 1. The monoisotopic (exact) mass is 327 g/mol. The summed E-state index contributed by atoms with van der Waals surface area (Å²) in [6.45, 7) is 5.08. The lowest BCUT2D eigenvalue weighted by Crippen LogP contribution is -2.43. The summed E-state index contributed by atoms with van der Waals surface area (Å²) < 4.78 is 10.9. The second kappa shape index (κ2) is 5.82. The highest BCUT2D eigenvalue weighted by Crippen LogP contribution is 2.30. The van der Waals surface area contributed by atoms with Crippen molar-refractivity contribution in [1.82, 2.24) is 5.32 Å². The van der Waals surface area contributed by atoms with Crippen molar-refractivity contribution in [3.63, 3.8) is 0 Å². The molecule has 0 spiro atoms. The van der Waals surface area contributed by atoms with E-state index in [-0.39, 0.29) is 11.4 Å². The van der Waals surface area contributed by atoms with Crippen LogP contribution in [-0.2, 0) is 0 Å². The Morgan fingerprint density at radius 2 is 2.00 bits per heavy atom. The number of fused-ring (bicyclic) bond motifs is 1. The summed E-state index contributed by atoms with van der Waals surface area (Å²) in [6.07, 6.45) is 0.864. The number of nitrogens with one attached hydrogen (secondary N) is 1. The van der Waals surface area contributed by atoms with Gasteiger partial charge in [0.25, 0.3) is 5.91 Å². The van der Waals surface area contributed by atoms with Gasteiger partial charge in [-0.3, -0.25) is 4.79 Å². The van der Waals surface area contributed by atoms with Gasteiger partial charge in [0.15, 0.2) is 11.5 Å². The minimum absolute atomic E-state index is 0.0945. The number of ether oxygens (including phenoxy) is 2. The predicted molar refractivity (Wildman–Crippen MR) is 77.4 cm³/mol. The molecule has 1 aromatic carbocycles. The fourth-order valence-electron chi connectivity index (χ4n) is 1.86. The van der Waals surface area contributed by atoms with Gasteiger partial charge in [-0.25, -0.2) is 0 Å². The third-order valence-corrected chi connectivity index (χ3v) is 3.37. The van der Waals surface area contributed by atoms with Crippen LogP contribution in [0.25, 0.3) is 0 Å². The largest absolute Gasteiger partial charge is 0.486 e. The Morgan fingerprint density at radius 1 is 1.32 bits per heavy atom. The standard InChI is InChI=1S/C14H18BrNO3/c1-14(2,5-6-15)16-13(17)10-3-4-11-12(9-10)19-8-7-18-11/h3-4,9H,5-8H2,1-2H3,(H,16,17). The molecule has 1 heterocycles.